The van der Waals surface area contributed by atoms with E-state index in [0.717, 1.165) is 25.7 Å². The lowest BCUT2D eigenvalue weighted by molar-refractivity contribution is 0.233. The zero-order valence-electron chi connectivity index (χ0n) is 16.2. The van der Waals surface area contributed by atoms with Crippen molar-refractivity contribution < 1.29 is 4.79 Å². The Morgan fingerprint density at radius 1 is 0.870 bits per heavy atom. The van der Waals surface area contributed by atoms with Gasteiger partial charge in [0.25, 0.3) is 0 Å². The Kier molecular flexibility index (Phi) is 10.4. The minimum absolute atomic E-state index is 0.114. The van der Waals surface area contributed by atoms with E-state index < -0.39 is 0 Å². The summed E-state index contributed by atoms with van der Waals surface area (Å²) in [6.45, 7) is 15.1. The van der Waals surface area contributed by atoms with Crippen molar-refractivity contribution in [1.82, 2.24) is 10.6 Å². The highest BCUT2D eigenvalue weighted by Crippen LogP contribution is 2.11. The smallest absolute Gasteiger partial charge is 0.315 e. The second-order valence-corrected chi connectivity index (χ2v) is 7.54. The van der Waals surface area contributed by atoms with Crippen molar-refractivity contribution >= 4 is 6.03 Å². The average molecular weight is 321 g/mol. The summed E-state index contributed by atoms with van der Waals surface area (Å²) < 4.78 is 0. The van der Waals surface area contributed by atoms with Gasteiger partial charge in [0.1, 0.15) is 0 Å². The van der Waals surface area contributed by atoms with Crippen LogP contribution < -0.4 is 10.6 Å². The Labute approximate surface area is 143 Å². The number of allylic oxidation sites excluding steroid dienone is 5. The molecule has 0 aliphatic heterocycles. The molecular formula is C20H36N2O. The predicted molar refractivity (Wildman–Crippen MR) is 102 cm³/mol. The van der Waals surface area contributed by atoms with Gasteiger partial charge in [0.05, 0.1) is 0 Å². The molecule has 0 aliphatic rings. The van der Waals surface area contributed by atoms with Gasteiger partial charge in [-0.3, -0.25) is 0 Å². The Bertz CT molecular complexity index is 447. The molecule has 0 fully saturated rings. The molecule has 0 rings (SSSR count). The lowest BCUT2D eigenvalue weighted by Gasteiger charge is -2.20. The third-order valence-electron chi connectivity index (χ3n) is 3.32. The number of carbonyl (C=O) groups excluding carboxylic acids is 1. The van der Waals surface area contributed by atoms with Crippen LogP contribution in [0.15, 0.2) is 34.9 Å². The van der Waals surface area contributed by atoms with E-state index in [9.17, 15) is 4.79 Å². The lowest BCUT2D eigenvalue weighted by atomic mass is 10.1. The van der Waals surface area contributed by atoms with Gasteiger partial charge in [0.2, 0.25) is 0 Å². The maximum atomic E-state index is 11.6. The molecule has 0 aromatic heterocycles. The van der Waals surface area contributed by atoms with Gasteiger partial charge in [-0.2, -0.15) is 0 Å². The van der Waals surface area contributed by atoms with E-state index >= 15 is 0 Å². The van der Waals surface area contributed by atoms with Gasteiger partial charge in [-0.15, -0.1) is 0 Å². The monoisotopic (exact) mass is 320 g/mol. The second kappa shape index (κ2) is 11.1. The van der Waals surface area contributed by atoms with Crippen LogP contribution in [0.3, 0.4) is 0 Å². The van der Waals surface area contributed by atoms with E-state index in [0.29, 0.717) is 6.54 Å². The van der Waals surface area contributed by atoms with E-state index in [1.54, 1.807) is 0 Å². The van der Waals surface area contributed by atoms with E-state index in [1.165, 1.54) is 16.7 Å². The molecule has 0 aliphatic carbocycles. The average Bonchev–Trinajstić information content (AvgIpc) is 2.35. The number of nitrogens with one attached hydrogen (secondary N) is 2. The van der Waals surface area contributed by atoms with Gasteiger partial charge in [-0.1, -0.05) is 34.9 Å². The molecule has 3 nitrogen and oxygen atoms in total. The topological polar surface area (TPSA) is 41.1 Å². The molecule has 3 heteroatoms. The number of carbonyl (C=O) groups is 1. The molecular weight excluding hydrogens is 284 g/mol. The van der Waals surface area contributed by atoms with Crippen LogP contribution in [-0.2, 0) is 0 Å². The van der Waals surface area contributed by atoms with Crippen LogP contribution >= 0.6 is 0 Å². The van der Waals surface area contributed by atoms with Crippen molar-refractivity contribution in [1.29, 1.82) is 0 Å². The quantitative estimate of drug-likeness (QED) is 0.569. The van der Waals surface area contributed by atoms with Crippen molar-refractivity contribution in [3.05, 3.63) is 34.9 Å². The van der Waals surface area contributed by atoms with Crippen LogP contribution in [0.5, 0.6) is 0 Å². The van der Waals surface area contributed by atoms with Crippen LogP contribution in [-0.4, -0.2) is 18.1 Å². The Morgan fingerprint density at radius 2 is 1.39 bits per heavy atom. The van der Waals surface area contributed by atoms with Crippen LogP contribution in [0.2, 0.25) is 0 Å². The van der Waals surface area contributed by atoms with Crippen molar-refractivity contribution in [2.75, 3.05) is 6.54 Å². The maximum absolute atomic E-state index is 11.6. The zero-order chi connectivity index (χ0) is 17.9. The SMILES string of the molecule is CC(C)=CCC/C(C)=C/CC/C(C)=C/CNC(=O)NC(C)(C)C. The minimum atomic E-state index is -0.198. The first kappa shape index (κ1) is 21.5. The molecule has 0 unspecified atom stereocenters. The molecule has 0 atom stereocenters. The molecule has 0 saturated heterocycles. The predicted octanol–water partition coefficient (Wildman–Crippen LogP) is 5.50. The molecule has 2 N–H and O–H groups in total. The normalized spacial score (nSPS) is 12.8. The Balaban J connectivity index is 3.98. The summed E-state index contributed by atoms with van der Waals surface area (Å²) in [5.74, 6) is 0. The van der Waals surface area contributed by atoms with E-state index in [-0.39, 0.29) is 11.6 Å². The summed E-state index contributed by atoms with van der Waals surface area (Å²) in [5, 5.41) is 5.74. The van der Waals surface area contributed by atoms with Crippen molar-refractivity contribution in [2.24, 2.45) is 0 Å². The first-order chi connectivity index (χ1) is 10.6. The standard InChI is InChI=1S/C20H36N2O/c1-16(2)10-8-11-17(3)12-9-13-18(4)14-15-21-19(23)22-20(5,6)7/h10,12,14H,8-9,11,13,15H2,1-7H3,(H2,21,22,23)/b17-12+,18-14+. The van der Waals surface area contributed by atoms with Crippen LogP contribution in [0, 0.1) is 0 Å². The lowest BCUT2D eigenvalue weighted by Crippen LogP contribution is -2.46. The number of hydrogen-bond acceptors (Lipinski definition) is 1. The van der Waals surface area contributed by atoms with Crippen molar-refractivity contribution in [2.45, 2.75) is 79.7 Å². The minimum Gasteiger partial charge on any atom is -0.335 e. The highest BCUT2D eigenvalue weighted by molar-refractivity contribution is 5.74. The number of urea groups is 1. The first-order valence-electron chi connectivity index (χ1n) is 8.61. The molecule has 0 radical (unpaired) electrons. The highest BCUT2D eigenvalue weighted by Gasteiger charge is 2.12. The third kappa shape index (κ3) is 15.2. The van der Waals surface area contributed by atoms with E-state index in [4.69, 9.17) is 0 Å². The van der Waals surface area contributed by atoms with Crippen LogP contribution in [0.4, 0.5) is 4.79 Å². The summed E-state index contributed by atoms with van der Waals surface area (Å²) in [7, 11) is 0. The number of rotatable bonds is 8. The fourth-order valence-electron chi connectivity index (χ4n) is 2.04. The molecule has 0 aromatic carbocycles. The summed E-state index contributed by atoms with van der Waals surface area (Å²) in [4.78, 5) is 11.6. The van der Waals surface area contributed by atoms with Gasteiger partial charge < -0.3 is 10.6 Å². The van der Waals surface area contributed by atoms with E-state index in [1.807, 2.05) is 20.8 Å². The highest BCUT2D eigenvalue weighted by atomic mass is 16.2. The maximum Gasteiger partial charge on any atom is 0.315 e. The summed E-state index contributed by atoms with van der Waals surface area (Å²) in [6.07, 6.45) is 11.1. The third-order valence-corrected chi connectivity index (χ3v) is 3.32. The molecule has 23 heavy (non-hydrogen) atoms. The van der Waals surface area contributed by atoms with E-state index in [2.05, 4.69) is 56.6 Å². The van der Waals surface area contributed by atoms with Gasteiger partial charge in [-0.05, 0) is 74.1 Å². The molecule has 0 aromatic rings. The Hall–Kier alpha value is -1.51. The molecule has 0 heterocycles. The van der Waals surface area contributed by atoms with Crippen molar-refractivity contribution in [3.63, 3.8) is 0 Å². The second-order valence-electron chi connectivity index (χ2n) is 7.54. The Morgan fingerprint density at radius 3 is 1.91 bits per heavy atom. The molecule has 2 amide bonds. The molecule has 0 spiro atoms. The number of amides is 2. The van der Waals surface area contributed by atoms with Gasteiger partial charge in [-0.25, -0.2) is 4.79 Å². The van der Waals surface area contributed by atoms with Crippen molar-refractivity contribution in [3.8, 4) is 0 Å². The van der Waals surface area contributed by atoms with Gasteiger partial charge >= 0.3 is 6.03 Å². The molecule has 0 bridgehead atoms. The zero-order valence-corrected chi connectivity index (χ0v) is 16.2. The van der Waals surface area contributed by atoms with Gasteiger partial charge in [0, 0.05) is 12.1 Å². The van der Waals surface area contributed by atoms with Gasteiger partial charge in [0.15, 0.2) is 0 Å². The molecule has 132 valence electrons. The summed E-state index contributed by atoms with van der Waals surface area (Å²) >= 11 is 0. The van der Waals surface area contributed by atoms with Crippen LogP contribution in [0.1, 0.15) is 74.1 Å². The number of hydrogen-bond donors (Lipinski definition) is 2. The summed E-state index contributed by atoms with van der Waals surface area (Å²) in [6, 6.07) is -0.114. The molecule has 0 saturated carbocycles. The fourth-order valence-corrected chi connectivity index (χ4v) is 2.04. The largest absolute Gasteiger partial charge is 0.335 e. The first-order valence-corrected chi connectivity index (χ1v) is 8.61. The van der Waals surface area contributed by atoms with Crippen LogP contribution in [0.25, 0.3) is 0 Å². The fraction of sp³-hybridized carbons (Fsp3) is 0.650. The summed E-state index contributed by atoms with van der Waals surface area (Å²) in [5.41, 5.74) is 3.96.